The van der Waals surface area contributed by atoms with Crippen molar-refractivity contribution in [3.8, 4) is 11.8 Å². The lowest BCUT2D eigenvalue weighted by Gasteiger charge is -2.32. The van der Waals surface area contributed by atoms with Crippen LogP contribution in [0.15, 0.2) is 65.8 Å². The van der Waals surface area contributed by atoms with Crippen LogP contribution < -0.4 is 10.6 Å². The Kier molecular flexibility index (Phi) is 7.91. The summed E-state index contributed by atoms with van der Waals surface area (Å²) in [4.78, 5) is 25.9. The van der Waals surface area contributed by atoms with Gasteiger partial charge in [0.15, 0.2) is 0 Å². The molecule has 0 bridgehead atoms. The molecule has 39 heavy (non-hydrogen) atoms. The molecule has 1 aliphatic heterocycles. The highest BCUT2D eigenvalue weighted by Crippen LogP contribution is 2.19. The Morgan fingerprint density at radius 2 is 1.82 bits per heavy atom. The first-order chi connectivity index (χ1) is 18.9. The fourth-order valence-corrected chi connectivity index (χ4v) is 4.09. The van der Waals surface area contributed by atoms with E-state index in [1.165, 1.54) is 18.5 Å². The van der Waals surface area contributed by atoms with E-state index < -0.39 is 0 Å². The van der Waals surface area contributed by atoms with Crippen LogP contribution in [0.2, 0.25) is 0 Å². The summed E-state index contributed by atoms with van der Waals surface area (Å²) in [5.41, 5.74) is 4.34. The number of piperazine rings is 1. The summed E-state index contributed by atoms with van der Waals surface area (Å²) in [6.07, 6.45) is 6.17. The minimum Gasteiger partial charge on any atom is -0.363 e. The van der Waals surface area contributed by atoms with Crippen molar-refractivity contribution < 1.29 is 13.7 Å². The molecule has 9 nitrogen and oxygen atoms in total. The van der Waals surface area contributed by atoms with Gasteiger partial charge >= 0.3 is 0 Å². The number of rotatable bonds is 6. The van der Waals surface area contributed by atoms with Crippen molar-refractivity contribution in [3.05, 3.63) is 94.9 Å². The van der Waals surface area contributed by atoms with Crippen molar-refractivity contribution in [1.82, 2.24) is 24.9 Å². The van der Waals surface area contributed by atoms with Crippen LogP contribution in [-0.2, 0) is 6.54 Å². The summed E-state index contributed by atoms with van der Waals surface area (Å²) < 4.78 is 19.6. The molecule has 2 aromatic heterocycles. The Hall–Kier alpha value is -4.59. The normalized spacial score (nSPS) is 13.9. The number of hydrogen-bond acceptors (Lipinski definition) is 8. The molecule has 0 unspecified atom stereocenters. The summed E-state index contributed by atoms with van der Waals surface area (Å²) in [5, 5.41) is 9.37. The lowest BCUT2D eigenvalue weighted by molar-refractivity contribution is 0.102. The number of hydrogen-bond donors (Lipinski definition) is 2. The number of carbonyl (C=O) groups excluding carboxylic acids is 1. The maximum atomic E-state index is 14.8. The van der Waals surface area contributed by atoms with Crippen molar-refractivity contribution >= 4 is 23.2 Å². The zero-order valence-corrected chi connectivity index (χ0v) is 21.7. The zero-order valence-electron chi connectivity index (χ0n) is 21.7. The lowest BCUT2D eigenvalue weighted by atomic mass is 10.0. The standard InChI is InChI=1S/C29H28FN7O2/c1-20-3-5-23(13-22(20)6-4-21-15-31-29(32-16-21)35-26-17-33-39-19-26)28(38)34-25-8-7-24(27(30)14-25)18-37-11-9-36(2)10-12-37/h3,5,7-8,13-17,19H,9-12,18H2,1-2H3,(H,34,38)(H,31,32,35). The lowest BCUT2D eigenvalue weighted by Crippen LogP contribution is -2.44. The van der Waals surface area contributed by atoms with Crippen molar-refractivity contribution in [2.75, 3.05) is 43.9 Å². The molecule has 2 N–H and O–H groups in total. The highest BCUT2D eigenvalue weighted by atomic mass is 19.1. The largest absolute Gasteiger partial charge is 0.363 e. The van der Waals surface area contributed by atoms with Crippen molar-refractivity contribution in [3.63, 3.8) is 0 Å². The summed E-state index contributed by atoms with van der Waals surface area (Å²) in [7, 11) is 2.09. The zero-order chi connectivity index (χ0) is 27.2. The number of benzene rings is 2. The SMILES string of the molecule is Cc1ccc(C(=O)Nc2ccc(CN3CCN(C)CC3)c(F)c2)cc1C#Cc1cnc(Nc2cnoc2)nc1. The molecular formula is C29H28FN7O2. The maximum Gasteiger partial charge on any atom is 0.255 e. The number of halogens is 1. The predicted molar refractivity (Wildman–Crippen MR) is 146 cm³/mol. The highest BCUT2D eigenvalue weighted by molar-refractivity contribution is 6.04. The first-order valence-corrected chi connectivity index (χ1v) is 12.5. The Balaban J connectivity index is 1.23. The Morgan fingerprint density at radius 1 is 1.03 bits per heavy atom. The van der Waals surface area contributed by atoms with Crippen molar-refractivity contribution in [2.45, 2.75) is 13.5 Å². The first-order valence-electron chi connectivity index (χ1n) is 12.5. The van der Waals surface area contributed by atoms with E-state index in [0.717, 1.165) is 31.7 Å². The molecule has 4 aromatic rings. The van der Waals surface area contributed by atoms with Gasteiger partial charge in [0.2, 0.25) is 5.95 Å². The number of nitrogens with zero attached hydrogens (tertiary/aromatic N) is 5. The quantitative estimate of drug-likeness (QED) is 0.364. The van der Waals surface area contributed by atoms with Gasteiger partial charge in [-0.1, -0.05) is 29.1 Å². The second-order valence-electron chi connectivity index (χ2n) is 9.45. The van der Waals surface area contributed by atoms with Gasteiger partial charge in [-0.2, -0.15) is 0 Å². The molecule has 1 saturated heterocycles. The van der Waals surface area contributed by atoms with E-state index in [1.807, 2.05) is 13.0 Å². The van der Waals surface area contributed by atoms with Crippen LogP contribution in [-0.4, -0.2) is 64.1 Å². The molecular weight excluding hydrogens is 497 g/mol. The smallest absolute Gasteiger partial charge is 0.255 e. The monoisotopic (exact) mass is 525 g/mol. The Labute approximate surface area is 226 Å². The van der Waals surface area contributed by atoms with E-state index in [9.17, 15) is 9.18 Å². The third-order valence-corrected chi connectivity index (χ3v) is 6.48. The number of carbonyl (C=O) groups is 1. The summed E-state index contributed by atoms with van der Waals surface area (Å²) in [5.74, 6) is 5.85. The van der Waals surface area contributed by atoms with Crippen LogP contribution in [0.1, 0.15) is 32.6 Å². The first kappa shape index (κ1) is 26.0. The number of aromatic nitrogens is 3. The second kappa shape index (κ2) is 11.9. The summed E-state index contributed by atoms with van der Waals surface area (Å²) in [6, 6.07) is 10.1. The van der Waals surface area contributed by atoms with Gasteiger partial charge in [0.1, 0.15) is 17.8 Å². The van der Waals surface area contributed by atoms with Crippen LogP contribution in [0.25, 0.3) is 0 Å². The molecule has 0 radical (unpaired) electrons. The third kappa shape index (κ3) is 6.84. The minimum atomic E-state index is -0.336. The molecule has 3 heterocycles. The number of anilines is 3. The van der Waals surface area contributed by atoms with E-state index in [0.29, 0.717) is 46.1 Å². The average Bonchev–Trinajstić information content (AvgIpc) is 3.45. The van der Waals surface area contributed by atoms with Gasteiger partial charge in [-0.3, -0.25) is 9.69 Å². The summed E-state index contributed by atoms with van der Waals surface area (Å²) in [6.45, 7) is 6.24. The number of amides is 1. The molecule has 1 aliphatic rings. The molecule has 1 fully saturated rings. The fourth-order valence-electron chi connectivity index (χ4n) is 4.09. The molecule has 5 rings (SSSR count). The van der Waals surface area contributed by atoms with Gasteiger partial charge in [-0.25, -0.2) is 14.4 Å². The number of likely N-dealkylation sites (N-methyl/N-ethyl adjacent to an activating group) is 1. The second-order valence-corrected chi connectivity index (χ2v) is 9.45. The highest BCUT2D eigenvalue weighted by Gasteiger charge is 2.16. The predicted octanol–water partition coefficient (Wildman–Crippen LogP) is 4.06. The van der Waals surface area contributed by atoms with E-state index in [4.69, 9.17) is 4.52 Å². The molecule has 198 valence electrons. The summed E-state index contributed by atoms with van der Waals surface area (Å²) >= 11 is 0. The van der Waals surface area contributed by atoms with E-state index in [1.54, 1.807) is 36.7 Å². The molecule has 10 heteroatoms. The van der Waals surface area contributed by atoms with Gasteiger partial charge in [-0.05, 0) is 43.8 Å². The Bertz CT molecular complexity index is 1500. The molecule has 0 spiro atoms. The van der Waals surface area contributed by atoms with Crippen LogP contribution in [0.3, 0.4) is 0 Å². The van der Waals surface area contributed by atoms with E-state index in [2.05, 4.69) is 54.4 Å². The average molecular weight is 526 g/mol. The molecule has 0 aliphatic carbocycles. The van der Waals surface area contributed by atoms with Gasteiger partial charge < -0.3 is 20.1 Å². The van der Waals surface area contributed by atoms with Crippen LogP contribution >= 0.6 is 0 Å². The van der Waals surface area contributed by atoms with Gasteiger partial charge in [0.05, 0.1) is 11.8 Å². The minimum absolute atomic E-state index is 0.327. The molecule has 2 aromatic carbocycles. The number of nitrogens with one attached hydrogen (secondary N) is 2. The van der Waals surface area contributed by atoms with Crippen LogP contribution in [0.4, 0.5) is 21.7 Å². The van der Waals surface area contributed by atoms with Gasteiger partial charge in [0.25, 0.3) is 5.91 Å². The number of aryl methyl sites for hydroxylation is 1. The van der Waals surface area contributed by atoms with Crippen molar-refractivity contribution in [1.29, 1.82) is 0 Å². The third-order valence-electron chi connectivity index (χ3n) is 6.48. The van der Waals surface area contributed by atoms with Crippen molar-refractivity contribution in [2.24, 2.45) is 0 Å². The fraction of sp³-hybridized carbons (Fsp3) is 0.241. The van der Waals surface area contributed by atoms with Crippen LogP contribution in [0.5, 0.6) is 0 Å². The topological polar surface area (TPSA) is 99.4 Å². The molecule has 0 saturated carbocycles. The van der Waals surface area contributed by atoms with E-state index >= 15 is 0 Å². The molecule has 1 amide bonds. The van der Waals surface area contributed by atoms with E-state index in [-0.39, 0.29) is 11.7 Å². The Morgan fingerprint density at radius 3 is 2.54 bits per heavy atom. The van der Waals surface area contributed by atoms with Gasteiger partial charge in [0, 0.05) is 67.5 Å². The van der Waals surface area contributed by atoms with Crippen LogP contribution in [0, 0.1) is 24.6 Å². The van der Waals surface area contributed by atoms with Gasteiger partial charge in [-0.15, -0.1) is 0 Å². The molecule has 0 atom stereocenters. The maximum absolute atomic E-state index is 14.8.